The summed E-state index contributed by atoms with van der Waals surface area (Å²) in [5, 5.41) is 28.2. The Morgan fingerprint density at radius 3 is 1.99 bits per heavy atom. The third-order valence-electron chi connectivity index (χ3n) is 20.6. The van der Waals surface area contributed by atoms with Crippen LogP contribution in [0.15, 0.2) is 67.8 Å². The van der Waals surface area contributed by atoms with Crippen LogP contribution >= 0.6 is 7.82 Å². The van der Waals surface area contributed by atoms with E-state index in [0.29, 0.717) is 56.4 Å². The number of primary amides is 6. The lowest BCUT2D eigenvalue weighted by Gasteiger charge is -2.48. The summed E-state index contributed by atoms with van der Waals surface area (Å²) in [6, 6.07) is 2.70. The van der Waals surface area contributed by atoms with E-state index in [1.54, 1.807) is 4.57 Å². The van der Waals surface area contributed by atoms with Gasteiger partial charge in [0.2, 0.25) is 41.4 Å². The van der Waals surface area contributed by atoms with Crippen LogP contribution in [0.25, 0.3) is 11.0 Å². The third-order valence-corrected chi connectivity index (χ3v) is 21.7. The maximum absolute atomic E-state index is 14.4. The van der Waals surface area contributed by atoms with Gasteiger partial charge in [-0.15, -0.1) is 0 Å². The number of aryl methyl sites for hydroxylation is 2. The molecule has 28 heteroatoms. The number of nitrogens with one attached hydrogen (secondary N) is 2. The van der Waals surface area contributed by atoms with Crippen molar-refractivity contribution in [2.24, 2.45) is 94.7 Å². The second kappa shape index (κ2) is 25.6. The first-order chi connectivity index (χ1) is 41.8. The minimum Gasteiger partial charge on any atom is -0.394 e. The van der Waals surface area contributed by atoms with Crippen LogP contribution in [0.1, 0.15) is 150 Å². The van der Waals surface area contributed by atoms with Crippen molar-refractivity contribution in [3.05, 3.63) is 63.9 Å². The summed E-state index contributed by atoms with van der Waals surface area (Å²) in [4.78, 5) is 126. The topological polar surface area (TPSA) is 460 Å². The number of nitrogens with zero attached hydrogens (tertiary/aromatic N) is 5. The number of phosphoric ester groups is 1. The van der Waals surface area contributed by atoms with Gasteiger partial charge in [0.1, 0.15) is 18.3 Å². The SMILES string of the molecule is CC1=C2N=C(C=C3NC(=C(C)C4=N[C@@](C)([C@@H]5N=C1[C@](C)(CCC(=O)NC[C@@H](C)OP(=O)(O)O[C@@H]1[C@@H](CO)OC(n6cnc7cc(C)c(C)cc76)[C@@H]1O)[C@H]5CC(N)=O)[C@@](C)(CC(N)=O)[C@@H]4CCC(N)=O)[C@@](C)(CC(N)=O)[C@@H]3CCC(N)=O)C(C)(C)[C@@H]2CCC(N)=O. The molecule has 0 saturated carbocycles. The van der Waals surface area contributed by atoms with Crippen LogP contribution in [0.4, 0.5) is 0 Å². The van der Waals surface area contributed by atoms with Gasteiger partial charge < -0.3 is 69.4 Å². The molecule has 6 aliphatic rings. The number of hydrogen-bond acceptors (Lipinski definition) is 18. The molecule has 0 radical (unpaired) electrons. The molecule has 492 valence electrons. The summed E-state index contributed by atoms with van der Waals surface area (Å²) in [7, 11) is -5.07. The standard InChI is InChI=1S/C62H90N13O14P/c1-29-20-39-40(21-30(29)2)75(28-70-39)57-52(84)53(41(27-76)87-57)89-90(85,86)88-31(3)26-69-49(83)18-19-59(8)37(22-46(66)80)56-62(11)61(10,25-48(68)82)36(14-17-45(65)79)51(74-62)33(5)55-60(9,24-47(67)81)34(12-15-43(63)77)38(71-55)23-42-58(6,7)35(13-16-44(64)78)50(72-42)32(4)54(59)73-56/h20-21,23,28,31,34-37,41,52-53,56-57,71,76,84H,12-19,22,24-27H2,1-11H3,(H2,63,77)(H2,64,78)(H2,65,79)(H2,66,80)(H2,67,81)(H2,68,82)(H,69,83)(H,85,86)/t31-,34-,35-,36-,37+,41-,52-,53-,56-,57?,59-,60+,61+,62+/m1/s1. The van der Waals surface area contributed by atoms with Crippen LogP contribution in [0.3, 0.4) is 0 Å². The number of ether oxygens (including phenoxy) is 1. The molecule has 17 N–H and O–H groups in total. The number of allylic oxidation sites excluding steroid dienone is 6. The molecule has 0 aliphatic carbocycles. The number of fused-ring (bicyclic) bond motifs is 7. The molecule has 0 spiro atoms. The summed E-state index contributed by atoms with van der Waals surface area (Å²) < 4.78 is 32.3. The lowest BCUT2D eigenvalue weighted by molar-refractivity contribution is -0.124. The van der Waals surface area contributed by atoms with Gasteiger partial charge in [-0.3, -0.25) is 57.6 Å². The number of benzene rings is 1. The van der Waals surface area contributed by atoms with E-state index in [-0.39, 0.29) is 77.2 Å². The Hall–Kier alpha value is -7.00. The number of aliphatic imine (C=N–C) groups is 3. The molecule has 1 aromatic heterocycles. The zero-order chi connectivity index (χ0) is 66.7. The van der Waals surface area contributed by atoms with E-state index in [9.17, 15) is 53.2 Å². The van der Waals surface area contributed by atoms with Crippen molar-refractivity contribution in [1.82, 2.24) is 20.2 Å². The minimum absolute atomic E-state index is 0.0114. The lowest BCUT2D eigenvalue weighted by Crippen LogP contribution is -2.56. The quantitative estimate of drug-likeness (QED) is 0.0603. The van der Waals surface area contributed by atoms with E-state index in [4.69, 9.17) is 63.2 Å². The highest BCUT2D eigenvalue weighted by atomic mass is 31.2. The predicted molar refractivity (Wildman–Crippen MR) is 334 cm³/mol. The van der Waals surface area contributed by atoms with Crippen LogP contribution < -0.4 is 45.0 Å². The first-order valence-electron chi connectivity index (χ1n) is 30.6. The molecule has 8 rings (SSSR count). The van der Waals surface area contributed by atoms with Crippen molar-refractivity contribution in [2.45, 2.75) is 189 Å². The van der Waals surface area contributed by atoms with Crippen LogP contribution in [0.5, 0.6) is 0 Å². The van der Waals surface area contributed by atoms with E-state index in [1.807, 2.05) is 87.4 Å². The van der Waals surface area contributed by atoms with Gasteiger partial charge in [-0.25, -0.2) is 9.55 Å². The molecular weight excluding hydrogens is 1180 g/mol. The lowest BCUT2D eigenvalue weighted by atomic mass is 9.55. The Bertz CT molecular complexity index is 3540. The van der Waals surface area contributed by atoms with Crippen molar-refractivity contribution < 1.29 is 67.0 Å². The number of aliphatic hydroxyl groups is 2. The van der Waals surface area contributed by atoms with E-state index in [1.165, 1.54) is 13.3 Å². The first kappa shape index (κ1) is 68.9. The number of aliphatic hydroxyl groups excluding tert-OH is 2. The molecule has 15 atom stereocenters. The van der Waals surface area contributed by atoms with Gasteiger partial charge >= 0.3 is 7.82 Å². The smallest absolute Gasteiger partial charge is 0.394 e. The molecule has 90 heavy (non-hydrogen) atoms. The number of hydrogen-bond donors (Lipinski definition) is 11. The van der Waals surface area contributed by atoms with Gasteiger partial charge in [0, 0.05) is 131 Å². The highest BCUT2D eigenvalue weighted by Gasteiger charge is 2.66. The van der Waals surface area contributed by atoms with Crippen molar-refractivity contribution in [3.8, 4) is 0 Å². The second-order valence-corrected chi connectivity index (χ2v) is 28.4. The predicted octanol–water partition coefficient (Wildman–Crippen LogP) is 3.16. The molecule has 6 aliphatic heterocycles. The zero-order valence-electron chi connectivity index (χ0n) is 53.3. The first-order valence-corrected chi connectivity index (χ1v) is 32.1. The van der Waals surface area contributed by atoms with Crippen molar-refractivity contribution >= 4 is 77.3 Å². The fourth-order valence-corrected chi connectivity index (χ4v) is 16.6. The summed E-state index contributed by atoms with van der Waals surface area (Å²) in [6.45, 7) is 19.3. The molecule has 1 aromatic carbocycles. The highest BCUT2D eigenvalue weighted by molar-refractivity contribution is 7.47. The van der Waals surface area contributed by atoms with E-state index in [0.717, 1.165) is 11.1 Å². The molecular formula is C62H90N13O14P. The Labute approximate surface area is 523 Å². The number of nitrogens with two attached hydrogens (primary N) is 6. The number of imidazole rings is 1. The fourth-order valence-electron chi connectivity index (χ4n) is 15.4. The second-order valence-electron chi connectivity index (χ2n) is 27.1. The van der Waals surface area contributed by atoms with Crippen LogP contribution in [-0.2, 0) is 51.9 Å². The van der Waals surface area contributed by atoms with Crippen molar-refractivity contribution in [1.29, 1.82) is 0 Å². The molecule has 27 nitrogen and oxygen atoms in total. The molecule has 2 unspecified atom stereocenters. The number of carbonyl (C=O) groups excluding carboxylic acids is 7. The van der Waals surface area contributed by atoms with Gasteiger partial charge in [0.25, 0.3) is 0 Å². The number of aromatic nitrogens is 2. The van der Waals surface area contributed by atoms with Crippen LogP contribution in [0, 0.1) is 59.2 Å². The third kappa shape index (κ3) is 13.0. The summed E-state index contributed by atoms with van der Waals surface area (Å²) >= 11 is 0. The van der Waals surface area contributed by atoms with E-state index >= 15 is 0 Å². The molecule has 2 saturated heterocycles. The molecule has 2 aromatic rings. The van der Waals surface area contributed by atoms with E-state index in [2.05, 4.69) is 15.6 Å². The Kier molecular flexibility index (Phi) is 19.6. The Balaban J connectivity index is 1.19. The number of carbonyl (C=O) groups is 7. The maximum Gasteiger partial charge on any atom is 0.472 e. The summed E-state index contributed by atoms with van der Waals surface area (Å²) in [5.41, 5.74) is 37.4. The molecule has 7 heterocycles. The fraction of sp³-hybridized carbons (Fsp3) is 0.629. The maximum atomic E-state index is 14.4. The normalized spacial score (nSPS) is 32.0. The molecule has 2 fully saturated rings. The minimum atomic E-state index is -5.07. The molecule has 7 amide bonds. The van der Waals surface area contributed by atoms with E-state index < -0.39 is 143 Å². The van der Waals surface area contributed by atoms with Crippen LogP contribution in [0.2, 0.25) is 0 Å². The van der Waals surface area contributed by atoms with Gasteiger partial charge in [-0.2, -0.15) is 0 Å². The van der Waals surface area contributed by atoms with Crippen molar-refractivity contribution in [3.63, 3.8) is 0 Å². The Morgan fingerprint density at radius 2 is 1.40 bits per heavy atom. The van der Waals surface area contributed by atoms with Gasteiger partial charge in [-0.05, 0) is 108 Å². The Morgan fingerprint density at radius 1 is 0.800 bits per heavy atom. The summed E-state index contributed by atoms with van der Waals surface area (Å²) in [6.07, 6.45) is -4.26. The van der Waals surface area contributed by atoms with Gasteiger partial charge in [0.15, 0.2) is 6.23 Å². The average molecular weight is 1270 g/mol. The number of phosphoric acid groups is 1. The van der Waals surface area contributed by atoms with Gasteiger partial charge in [0.05, 0.1) is 41.7 Å². The zero-order valence-corrected chi connectivity index (χ0v) is 54.1. The number of amides is 7. The molecule has 8 bridgehead atoms. The largest absolute Gasteiger partial charge is 0.472 e. The monoisotopic (exact) mass is 1270 g/mol. The van der Waals surface area contributed by atoms with Crippen molar-refractivity contribution in [2.75, 3.05) is 13.2 Å². The average Bonchev–Trinajstić information content (AvgIpc) is 1.53. The summed E-state index contributed by atoms with van der Waals surface area (Å²) in [5.74, 6) is -7.18. The highest BCUT2D eigenvalue weighted by Crippen LogP contribution is 2.63. The van der Waals surface area contributed by atoms with Gasteiger partial charge in [-0.1, -0.05) is 34.6 Å². The number of rotatable bonds is 26. The van der Waals surface area contributed by atoms with Crippen LogP contribution in [-0.4, -0.2) is 132 Å².